The molecule has 2 heterocycles. The van der Waals surface area contributed by atoms with Gasteiger partial charge in [-0.2, -0.15) is 5.26 Å². The predicted molar refractivity (Wildman–Crippen MR) is 144 cm³/mol. The number of amides is 2. The topological polar surface area (TPSA) is 99.7 Å². The number of primary amides is 1. The largest absolute Gasteiger partial charge is 0.492 e. The first kappa shape index (κ1) is 28.5. The first-order chi connectivity index (χ1) is 18.6. The highest BCUT2D eigenvalue weighted by Gasteiger charge is 2.34. The Morgan fingerprint density at radius 1 is 1.13 bits per heavy atom. The molecule has 2 fully saturated rings. The molecule has 0 spiro atoms. The summed E-state index contributed by atoms with van der Waals surface area (Å²) in [6.07, 6.45) is 3.68. The van der Waals surface area contributed by atoms with E-state index in [2.05, 4.69) is 11.0 Å². The molecule has 0 radical (unpaired) electrons. The van der Waals surface area contributed by atoms with Gasteiger partial charge in [0, 0.05) is 13.1 Å². The number of nitriles is 1. The van der Waals surface area contributed by atoms with E-state index in [-0.39, 0.29) is 11.1 Å². The van der Waals surface area contributed by atoms with Crippen LogP contribution in [0, 0.1) is 23.1 Å². The Hall–Kier alpha value is -3.51. The molecule has 0 bridgehead atoms. The van der Waals surface area contributed by atoms with Gasteiger partial charge in [0.25, 0.3) is 5.91 Å². The predicted octanol–water partition coefficient (Wildman–Crippen LogP) is 4.68. The molecule has 0 saturated carbocycles. The lowest BCUT2D eigenvalue weighted by Crippen LogP contribution is -2.50. The van der Waals surface area contributed by atoms with Crippen molar-refractivity contribution in [3.05, 3.63) is 53.3 Å². The molecule has 2 N–H and O–H groups in total. The summed E-state index contributed by atoms with van der Waals surface area (Å²) in [7, 11) is 0. The van der Waals surface area contributed by atoms with Crippen LogP contribution in [0.15, 0.2) is 36.4 Å². The Morgan fingerprint density at radius 3 is 2.54 bits per heavy atom. The number of ether oxygens (including phenoxy) is 1. The van der Waals surface area contributed by atoms with E-state index in [1.165, 1.54) is 17.0 Å². The maximum Gasteiger partial charge on any atom is 0.258 e. The van der Waals surface area contributed by atoms with Crippen molar-refractivity contribution in [1.82, 2.24) is 9.80 Å². The summed E-state index contributed by atoms with van der Waals surface area (Å²) in [5.41, 5.74) is 5.27. The number of nitrogens with two attached hydrogens (primary N) is 1. The van der Waals surface area contributed by atoms with Crippen LogP contribution >= 0.6 is 0 Å². The summed E-state index contributed by atoms with van der Waals surface area (Å²) in [5.74, 6) is -1.18. The number of halogens is 2. The van der Waals surface area contributed by atoms with Crippen LogP contribution in [0.1, 0.15) is 61.9 Å². The Labute approximate surface area is 228 Å². The summed E-state index contributed by atoms with van der Waals surface area (Å²) >= 11 is 0. The zero-order chi connectivity index (χ0) is 28.2. The molecule has 4 rings (SSSR count). The van der Waals surface area contributed by atoms with Gasteiger partial charge in [0.2, 0.25) is 5.91 Å². The van der Waals surface area contributed by atoms with Crippen molar-refractivity contribution in [1.29, 1.82) is 5.26 Å². The standard InChI is InChI=1S/C30H36F2N4O3/c1-30(2,32)19-35-14-11-20(12-15-35)18-39-26-10-9-21(16-22(26)17-33)23-6-5-7-24(31)27(23)29(38)36-13-4-3-8-25(36)28(34)37/h5-7,9-10,16,20,25H,3-4,8,11-15,18-19H2,1-2H3,(H2,34,37)/t25-/m1/s1. The molecule has 0 aromatic heterocycles. The molecule has 2 aliphatic rings. The maximum absolute atomic E-state index is 15.1. The van der Waals surface area contributed by atoms with Gasteiger partial charge < -0.3 is 20.3 Å². The molecule has 208 valence electrons. The summed E-state index contributed by atoms with van der Waals surface area (Å²) in [4.78, 5) is 28.9. The number of benzene rings is 2. The van der Waals surface area contributed by atoms with E-state index in [1.807, 2.05) is 0 Å². The highest BCUT2D eigenvalue weighted by molar-refractivity contribution is 6.03. The number of nitrogens with zero attached hydrogens (tertiary/aromatic N) is 3. The molecule has 2 amide bonds. The Bertz CT molecular complexity index is 1250. The smallest absolute Gasteiger partial charge is 0.258 e. The van der Waals surface area contributed by atoms with Gasteiger partial charge in [-0.05, 0) is 94.3 Å². The van der Waals surface area contributed by atoms with E-state index < -0.39 is 29.3 Å². The van der Waals surface area contributed by atoms with Crippen LogP contribution in [0.4, 0.5) is 8.78 Å². The average molecular weight is 539 g/mol. The van der Waals surface area contributed by atoms with Crippen LogP contribution in [0.25, 0.3) is 11.1 Å². The molecular weight excluding hydrogens is 502 g/mol. The third-order valence-electron chi connectivity index (χ3n) is 7.51. The number of likely N-dealkylation sites (tertiary alicyclic amines) is 2. The van der Waals surface area contributed by atoms with Gasteiger partial charge in [-0.1, -0.05) is 18.2 Å². The second-order valence-corrected chi connectivity index (χ2v) is 11.1. The fourth-order valence-corrected chi connectivity index (χ4v) is 5.56. The quantitative estimate of drug-likeness (QED) is 0.526. The van der Waals surface area contributed by atoms with Crippen molar-refractivity contribution < 1.29 is 23.1 Å². The van der Waals surface area contributed by atoms with Gasteiger partial charge in [-0.15, -0.1) is 0 Å². The first-order valence-corrected chi connectivity index (χ1v) is 13.5. The number of carbonyl (C=O) groups excluding carboxylic acids is 2. The third-order valence-corrected chi connectivity index (χ3v) is 7.51. The number of hydrogen-bond donors (Lipinski definition) is 1. The van der Waals surface area contributed by atoms with Gasteiger partial charge in [-0.25, -0.2) is 8.78 Å². The zero-order valence-corrected chi connectivity index (χ0v) is 22.6. The molecule has 2 aromatic carbocycles. The van der Waals surface area contributed by atoms with Crippen LogP contribution < -0.4 is 10.5 Å². The van der Waals surface area contributed by atoms with Crippen molar-refractivity contribution in [2.75, 3.05) is 32.8 Å². The molecule has 9 heteroatoms. The number of hydrogen-bond acceptors (Lipinski definition) is 5. The van der Waals surface area contributed by atoms with E-state index in [0.29, 0.717) is 55.3 Å². The molecule has 39 heavy (non-hydrogen) atoms. The number of piperidine rings is 2. The van der Waals surface area contributed by atoms with E-state index in [4.69, 9.17) is 10.5 Å². The minimum atomic E-state index is -1.23. The summed E-state index contributed by atoms with van der Waals surface area (Å²) in [5, 5.41) is 9.83. The summed E-state index contributed by atoms with van der Waals surface area (Å²) in [6, 6.07) is 10.7. The van der Waals surface area contributed by atoms with Crippen molar-refractivity contribution in [3.63, 3.8) is 0 Å². The summed E-state index contributed by atoms with van der Waals surface area (Å²) < 4.78 is 35.1. The van der Waals surface area contributed by atoms with E-state index in [1.54, 1.807) is 38.1 Å². The van der Waals surface area contributed by atoms with Crippen LogP contribution in [0.3, 0.4) is 0 Å². The lowest BCUT2D eigenvalue weighted by molar-refractivity contribution is -0.123. The number of alkyl halides is 1. The van der Waals surface area contributed by atoms with Crippen molar-refractivity contribution >= 4 is 11.8 Å². The highest BCUT2D eigenvalue weighted by Crippen LogP contribution is 2.33. The lowest BCUT2D eigenvalue weighted by Gasteiger charge is -2.34. The van der Waals surface area contributed by atoms with Crippen LogP contribution in [-0.2, 0) is 4.79 Å². The molecule has 0 unspecified atom stereocenters. The number of rotatable bonds is 8. The highest BCUT2D eigenvalue weighted by atomic mass is 19.1. The van der Waals surface area contributed by atoms with E-state index in [9.17, 15) is 19.2 Å². The van der Waals surface area contributed by atoms with Crippen molar-refractivity contribution in [2.24, 2.45) is 11.7 Å². The zero-order valence-electron chi connectivity index (χ0n) is 22.6. The van der Waals surface area contributed by atoms with Crippen LogP contribution in [0.5, 0.6) is 5.75 Å². The number of carbonyl (C=O) groups is 2. The van der Waals surface area contributed by atoms with E-state index >= 15 is 4.39 Å². The second-order valence-electron chi connectivity index (χ2n) is 11.1. The van der Waals surface area contributed by atoms with Gasteiger partial charge in [0.05, 0.1) is 17.7 Å². The molecular formula is C30H36F2N4O3. The lowest BCUT2D eigenvalue weighted by atomic mass is 9.94. The van der Waals surface area contributed by atoms with Crippen LogP contribution in [-0.4, -0.2) is 66.1 Å². The second kappa shape index (κ2) is 12.1. The Morgan fingerprint density at radius 2 is 1.87 bits per heavy atom. The molecule has 2 aliphatic heterocycles. The molecule has 0 aliphatic carbocycles. The SMILES string of the molecule is CC(C)(F)CN1CCC(COc2ccc(-c3cccc(F)c3C(=O)N3CCCC[C@@H]3C(N)=O)cc2C#N)CC1. The third kappa shape index (κ3) is 6.93. The molecule has 2 saturated heterocycles. The fourth-order valence-electron chi connectivity index (χ4n) is 5.56. The van der Waals surface area contributed by atoms with Crippen LogP contribution in [0.2, 0.25) is 0 Å². The molecule has 7 nitrogen and oxygen atoms in total. The van der Waals surface area contributed by atoms with Gasteiger partial charge >= 0.3 is 0 Å². The summed E-state index contributed by atoms with van der Waals surface area (Å²) in [6.45, 7) is 5.94. The molecule has 2 aromatic rings. The Kier molecular flexibility index (Phi) is 8.86. The normalized spacial score (nSPS) is 18.9. The van der Waals surface area contributed by atoms with Gasteiger partial charge in [-0.3, -0.25) is 9.59 Å². The van der Waals surface area contributed by atoms with Crippen molar-refractivity contribution in [3.8, 4) is 22.9 Å². The molecule has 1 atom stereocenters. The minimum absolute atomic E-state index is 0.147. The minimum Gasteiger partial charge on any atom is -0.492 e. The maximum atomic E-state index is 15.1. The fraction of sp³-hybridized carbons (Fsp3) is 0.500. The average Bonchev–Trinajstić information content (AvgIpc) is 2.91. The van der Waals surface area contributed by atoms with Gasteiger partial charge in [0.15, 0.2) is 0 Å². The first-order valence-electron chi connectivity index (χ1n) is 13.5. The van der Waals surface area contributed by atoms with Crippen molar-refractivity contribution in [2.45, 2.75) is 57.7 Å². The van der Waals surface area contributed by atoms with Gasteiger partial charge in [0.1, 0.15) is 29.3 Å². The monoisotopic (exact) mass is 538 g/mol. The van der Waals surface area contributed by atoms with E-state index in [0.717, 1.165) is 32.4 Å². The Balaban J connectivity index is 1.50.